The van der Waals surface area contributed by atoms with E-state index in [1.807, 2.05) is 0 Å². The predicted molar refractivity (Wildman–Crippen MR) is 71.9 cm³/mol. The van der Waals surface area contributed by atoms with Gasteiger partial charge in [-0.1, -0.05) is 6.07 Å². The first-order valence-electron chi connectivity index (χ1n) is 5.84. The summed E-state index contributed by atoms with van der Waals surface area (Å²) in [6, 6.07) is 9.07. The molecule has 0 fully saturated rings. The smallest absolute Gasteiger partial charge is 0.255 e. The van der Waals surface area contributed by atoms with E-state index in [1.54, 1.807) is 38.1 Å². The lowest BCUT2D eigenvalue weighted by atomic mass is 10.1. The highest BCUT2D eigenvalue weighted by Gasteiger charge is 2.09. The first kappa shape index (κ1) is 13.1. The molecule has 0 radical (unpaired) electrons. The fourth-order valence-electron chi connectivity index (χ4n) is 1.77. The fraction of sp³-hybridized carbons (Fsp3) is 0.133. The van der Waals surface area contributed by atoms with E-state index in [2.05, 4.69) is 5.32 Å². The molecule has 0 saturated carbocycles. The molecule has 0 unspecified atom stereocenters. The summed E-state index contributed by atoms with van der Waals surface area (Å²) in [5, 5.41) is 12.0. The van der Waals surface area contributed by atoms with Crippen molar-refractivity contribution in [2.24, 2.45) is 0 Å². The Bertz CT molecular complexity index is 618. The van der Waals surface area contributed by atoms with E-state index in [0.717, 1.165) is 5.56 Å². The molecular weight excluding hydrogens is 245 g/mol. The van der Waals surface area contributed by atoms with Crippen molar-refractivity contribution in [3.63, 3.8) is 0 Å². The van der Waals surface area contributed by atoms with Gasteiger partial charge in [0.25, 0.3) is 5.91 Å². The van der Waals surface area contributed by atoms with Gasteiger partial charge >= 0.3 is 0 Å². The molecule has 0 aliphatic carbocycles. The summed E-state index contributed by atoms with van der Waals surface area (Å²) in [5.41, 5.74) is 2.01. The lowest BCUT2D eigenvalue weighted by molar-refractivity contribution is 0.102. The molecule has 0 aliphatic heterocycles. The van der Waals surface area contributed by atoms with E-state index in [0.29, 0.717) is 16.8 Å². The quantitative estimate of drug-likeness (QED) is 0.868. The van der Waals surface area contributed by atoms with Crippen LogP contribution in [0.4, 0.5) is 10.1 Å². The zero-order chi connectivity index (χ0) is 14.0. The van der Waals surface area contributed by atoms with Crippen molar-refractivity contribution in [3.05, 3.63) is 58.9 Å². The minimum Gasteiger partial charge on any atom is -0.508 e. The molecule has 2 aromatic carbocycles. The van der Waals surface area contributed by atoms with Crippen LogP contribution in [0, 0.1) is 19.7 Å². The Morgan fingerprint density at radius 3 is 2.53 bits per heavy atom. The number of aryl methyl sites for hydroxylation is 2. The lowest BCUT2D eigenvalue weighted by Crippen LogP contribution is -2.12. The number of anilines is 1. The van der Waals surface area contributed by atoms with Gasteiger partial charge in [-0.2, -0.15) is 0 Å². The van der Waals surface area contributed by atoms with Gasteiger partial charge < -0.3 is 10.4 Å². The summed E-state index contributed by atoms with van der Waals surface area (Å²) in [6.07, 6.45) is 0. The summed E-state index contributed by atoms with van der Waals surface area (Å²) in [5.74, 6) is -0.729. The van der Waals surface area contributed by atoms with Crippen LogP contribution < -0.4 is 5.32 Å². The predicted octanol–water partition coefficient (Wildman–Crippen LogP) is 3.40. The number of carbonyl (C=O) groups excluding carboxylic acids is 1. The third kappa shape index (κ3) is 3.10. The molecule has 2 aromatic rings. The molecular formula is C15H14FNO2. The van der Waals surface area contributed by atoms with Gasteiger partial charge in [-0.3, -0.25) is 4.79 Å². The molecule has 0 spiro atoms. The van der Waals surface area contributed by atoms with Crippen molar-refractivity contribution in [3.8, 4) is 5.75 Å². The van der Waals surface area contributed by atoms with Gasteiger partial charge in [-0.25, -0.2) is 4.39 Å². The van der Waals surface area contributed by atoms with Crippen LogP contribution in [0.25, 0.3) is 0 Å². The van der Waals surface area contributed by atoms with Crippen LogP contribution >= 0.6 is 0 Å². The van der Waals surface area contributed by atoms with Crippen molar-refractivity contribution < 1.29 is 14.3 Å². The highest BCUT2D eigenvalue weighted by molar-refractivity contribution is 6.04. The topological polar surface area (TPSA) is 49.3 Å². The van der Waals surface area contributed by atoms with Gasteiger partial charge in [-0.05, 0) is 55.3 Å². The molecule has 0 aromatic heterocycles. The monoisotopic (exact) mass is 259 g/mol. The summed E-state index contributed by atoms with van der Waals surface area (Å²) >= 11 is 0. The summed E-state index contributed by atoms with van der Waals surface area (Å²) < 4.78 is 13.4. The maximum Gasteiger partial charge on any atom is 0.255 e. The average Bonchev–Trinajstić information content (AvgIpc) is 2.32. The Morgan fingerprint density at radius 2 is 1.89 bits per heavy atom. The van der Waals surface area contributed by atoms with E-state index < -0.39 is 0 Å². The minimum absolute atomic E-state index is 0.0280. The molecule has 2 N–H and O–H groups in total. The zero-order valence-corrected chi connectivity index (χ0v) is 10.7. The van der Waals surface area contributed by atoms with Crippen molar-refractivity contribution >= 4 is 11.6 Å². The van der Waals surface area contributed by atoms with Gasteiger partial charge in [-0.15, -0.1) is 0 Å². The Hall–Kier alpha value is -2.36. The van der Waals surface area contributed by atoms with Gasteiger partial charge in [0, 0.05) is 11.3 Å². The summed E-state index contributed by atoms with van der Waals surface area (Å²) in [6.45, 7) is 3.43. The van der Waals surface area contributed by atoms with Crippen LogP contribution in [-0.4, -0.2) is 11.0 Å². The first-order valence-corrected chi connectivity index (χ1v) is 5.84. The molecule has 0 atom stereocenters. The average molecular weight is 259 g/mol. The molecule has 4 heteroatoms. The molecule has 2 rings (SSSR count). The van der Waals surface area contributed by atoms with E-state index in [4.69, 9.17) is 0 Å². The Morgan fingerprint density at radius 1 is 1.16 bits per heavy atom. The number of phenolic OH excluding ortho intramolecular Hbond substituents is 1. The summed E-state index contributed by atoms with van der Waals surface area (Å²) in [4.78, 5) is 12.0. The number of hydrogen-bond donors (Lipinski definition) is 2. The lowest BCUT2D eigenvalue weighted by Gasteiger charge is -2.07. The van der Waals surface area contributed by atoms with Gasteiger partial charge in [0.15, 0.2) is 0 Å². The van der Waals surface area contributed by atoms with E-state index >= 15 is 0 Å². The van der Waals surface area contributed by atoms with Crippen molar-refractivity contribution in [1.82, 2.24) is 0 Å². The second-order valence-corrected chi connectivity index (χ2v) is 4.48. The van der Waals surface area contributed by atoms with Gasteiger partial charge in [0.1, 0.15) is 11.6 Å². The second kappa shape index (κ2) is 5.10. The highest BCUT2D eigenvalue weighted by atomic mass is 19.1. The molecule has 1 amide bonds. The van der Waals surface area contributed by atoms with Crippen LogP contribution in [0.15, 0.2) is 36.4 Å². The van der Waals surface area contributed by atoms with E-state index in [-0.39, 0.29) is 17.5 Å². The van der Waals surface area contributed by atoms with Crippen LogP contribution in [0.2, 0.25) is 0 Å². The molecule has 0 bridgehead atoms. The largest absolute Gasteiger partial charge is 0.508 e. The number of amides is 1. The van der Waals surface area contributed by atoms with Crippen molar-refractivity contribution in [2.45, 2.75) is 13.8 Å². The van der Waals surface area contributed by atoms with Gasteiger partial charge in [0.2, 0.25) is 0 Å². The number of halogens is 1. The normalized spacial score (nSPS) is 10.3. The molecule has 98 valence electrons. The number of carbonyl (C=O) groups is 1. The number of benzene rings is 2. The van der Waals surface area contributed by atoms with Crippen LogP contribution in [0.3, 0.4) is 0 Å². The minimum atomic E-state index is -0.387. The molecule has 19 heavy (non-hydrogen) atoms. The van der Waals surface area contributed by atoms with Crippen LogP contribution in [0.1, 0.15) is 21.5 Å². The third-order valence-electron chi connectivity index (χ3n) is 2.75. The van der Waals surface area contributed by atoms with Crippen molar-refractivity contribution in [1.29, 1.82) is 0 Å². The fourth-order valence-corrected chi connectivity index (χ4v) is 1.77. The van der Waals surface area contributed by atoms with E-state index in [9.17, 15) is 14.3 Å². The molecule has 3 nitrogen and oxygen atoms in total. The van der Waals surface area contributed by atoms with Crippen LogP contribution in [0.5, 0.6) is 5.75 Å². The SMILES string of the molecule is Cc1cc(O)cc(C(=O)Nc2ccc(C)c(F)c2)c1. The standard InChI is InChI=1S/C15H14FNO2/c1-9-5-11(7-13(18)6-9)15(19)17-12-4-3-10(2)14(16)8-12/h3-8,18H,1-2H3,(H,17,19). The van der Waals surface area contributed by atoms with Crippen molar-refractivity contribution in [2.75, 3.05) is 5.32 Å². The third-order valence-corrected chi connectivity index (χ3v) is 2.75. The molecule has 0 saturated heterocycles. The second-order valence-electron chi connectivity index (χ2n) is 4.48. The van der Waals surface area contributed by atoms with Crippen LogP contribution in [-0.2, 0) is 0 Å². The first-order chi connectivity index (χ1) is 8.95. The Labute approximate surface area is 110 Å². The Balaban J connectivity index is 2.22. The maximum atomic E-state index is 13.4. The molecule has 0 aliphatic rings. The Kier molecular flexibility index (Phi) is 3.51. The molecule has 0 heterocycles. The van der Waals surface area contributed by atoms with Gasteiger partial charge in [0.05, 0.1) is 0 Å². The highest BCUT2D eigenvalue weighted by Crippen LogP contribution is 2.18. The summed E-state index contributed by atoms with van der Waals surface area (Å²) in [7, 11) is 0. The number of aromatic hydroxyl groups is 1. The number of phenols is 1. The number of nitrogens with one attached hydrogen (secondary N) is 1. The maximum absolute atomic E-state index is 13.4. The van der Waals surface area contributed by atoms with E-state index in [1.165, 1.54) is 12.1 Å². The zero-order valence-electron chi connectivity index (χ0n) is 10.7. The number of hydrogen-bond acceptors (Lipinski definition) is 2. The number of rotatable bonds is 2.